The number of hydrogen-bond donors (Lipinski definition) is 2. The Morgan fingerprint density at radius 1 is 1.35 bits per heavy atom. The zero-order chi connectivity index (χ0) is 11.8. The van der Waals surface area contributed by atoms with E-state index in [0.717, 1.165) is 17.0 Å². The number of rotatable bonds is 3. The number of hydrogen-bond acceptors (Lipinski definition) is 2. The fraction of sp³-hybridized carbons (Fsp3) is 0.231. The van der Waals surface area contributed by atoms with Crippen LogP contribution in [0.15, 0.2) is 36.4 Å². The average molecular weight is 228 g/mol. The fourth-order valence-corrected chi connectivity index (χ4v) is 2.10. The molecule has 1 aliphatic rings. The molecule has 2 unspecified atom stereocenters. The summed E-state index contributed by atoms with van der Waals surface area (Å²) in [7, 11) is 0. The number of aromatic nitrogens is 2. The lowest BCUT2D eigenvalue weighted by Crippen LogP contribution is -1.98. The first-order chi connectivity index (χ1) is 8.25. The van der Waals surface area contributed by atoms with E-state index in [2.05, 4.69) is 10.2 Å². The molecule has 2 aromatic rings. The first-order valence-electron chi connectivity index (χ1n) is 5.59. The molecule has 86 valence electrons. The van der Waals surface area contributed by atoms with E-state index >= 15 is 0 Å². The van der Waals surface area contributed by atoms with E-state index in [1.54, 1.807) is 0 Å². The Kier molecular flexibility index (Phi) is 2.21. The predicted molar refractivity (Wildman–Crippen MR) is 62.5 cm³/mol. The predicted octanol–water partition coefficient (Wildman–Crippen LogP) is 2.26. The van der Waals surface area contributed by atoms with E-state index in [9.17, 15) is 4.79 Å². The lowest BCUT2D eigenvalue weighted by Gasteiger charge is -1.93. The molecule has 2 atom stereocenters. The van der Waals surface area contributed by atoms with Crippen LogP contribution >= 0.6 is 0 Å². The number of benzene rings is 1. The maximum atomic E-state index is 10.8. The summed E-state index contributed by atoms with van der Waals surface area (Å²) in [5.74, 6) is -0.845. The first kappa shape index (κ1) is 10.1. The SMILES string of the molecule is O=C(O)C1CC1c1cc(-c2ccccc2)n[nH]1. The quantitative estimate of drug-likeness (QED) is 0.846. The second kappa shape index (κ2) is 3.73. The highest BCUT2D eigenvalue weighted by Gasteiger charge is 2.45. The van der Waals surface area contributed by atoms with Crippen molar-refractivity contribution in [2.75, 3.05) is 0 Å². The van der Waals surface area contributed by atoms with Crippen molar-refractivity contribution in [1.82, 2.24) is 10.2 Å². The van der Waals surface area contributed by atoms with Gasteiger partial charge in [-0.3, -0.25) is 9.89 Å². The summed E-state index contributed by atoms with van der Waals surface area (Å²) in [5, 5.41) is 16.0. The van der Waals surface area contributed by atoms with Crippen LogP contribution in [0, 0.1) is 5.92 Å². The summed E-state index contributed by atoms with van der Waals surface area (Å²) in [6.45, 7) is 0. The van der Waals surface area contributed by atoms with E-state index in [0.29, 0.717) is 6.42 Å². The Morgan fingerprint density at radius 2 is 2.12 bits per heavy atom. The van der Waals surface area contributed by atoms with Gasteiger partial charge in [-0.2, -0.15) is 5.10 Å². The average Bonchev–Trinajstić information content (AvgIpc) is 3.01. The number of carboxylic acid groups (broad SMARTS) is 1. The second-order valence-corrected chi connectivity index (χ2v) is 4.36. The molecule has 1 aromatic carbocycles. The Labute approximate surface area is 98.3 Å². The van der Waals surface area contributed by atoms with Crippen molar-refractivity contribution in [3.8, 4) is 11.3 Å². The highest BCUT2D eigenvalue weighted by atomic mass is 16.4. The molecule has 0 aliphatic heterocycles. The van der Waals surface area contributed by atoms with Crippen LogP contribution in [0.1, 0.15) is 18.0 Å². The molecule has 1 aliphatic carbocycles. The topological polar surface area (TPSA) is 66.0 Å². The molecule has 0 radical (unpaired) electrons. The van der Waals surface area contributed by atoms with Crippen LogP contribution in [-0.4, -0.2) is 21.3 Å². The van der Waals surface area contributed by atoms with Gasteiger partial charge in [0.1, 0.15) is 0 Å². The van der Waals surface area contributed by atoms with Crippen molar-refractivity contribution >= 4 is 5.97 Å². The van der Waals surface area contributed by atoms with E-state index < -0.39 is 5.97 Å². The van der Waals surface area contributed by atoms with E-state index in [1.165, 1.54) is 0 Å². The molecule has 4 nitrogen and oxygen atoms in total. The minimum atomic E-state index is -0.717. The highest BCUT2D eigenvalue weighted by Crippen LogP contribution is 2.47. The van der Waals surface area contributed by atoms with E-state index in [4.69, 9.17) is 5.11 Å². The van der Waals surface area contributed by atoms with Gasteiger partial charge in [0.05, 0.1) is 11.6 Å². The third-order valence-corrected chi connectivity index (χ3v) is 3.17. The van der Waals surface area contributed by atoms with Gasteiger partial charge in [-0.15, -0.1) is 0 Å². The molecule has 3 rings (SSSR count). The normalized spacial score (nSPS) is 22.4. The van der Waals surface area contributed by atoms with Crippen molar-refractivity contribution in [3.63, 3.8) is 0 Å². The lowest BCUT2D eigenvalue weighted by molar-refractivity contribution is -0.138. The minimum absolute atomic E-state index is 0.109. The number of nitrogens with one attached hydrogen (secondary N) is 1. The van der Waals surface area contributed by atoms with E-state index in [-0.39, 0.29) is 11.8 Å². The van der Waals surface area contributed by atoms with Crippen LogP contribution in [0.25, 0.3) is 11.3 Å². The van der Waals surface area contributed by atoms with Gasteiger partial charge in [0.2, 0.25) is 0 Å². The van der Waals surface area contributed by atoms with Crippen molar-refractivity contribution in [2.45, 2.75) is 12.3 Å². The number of carbonyl (C=O) groups is 1. The monoisotopic (exact) mass is 228 g/mol. The maximum Gasteiger partial charge on any atom is 0.307 e. The smallest absolute Gasteiger partial charge is 0.307 e. The lowest BCUT2D eigenvalue weighted by atomic mass is 10.1. The maximum absolute atomic E-state index is 10.8. The molecule has 0 saturated heterocycles. The van der Waals surface area contributed by atoms with Crippen LogP contribution in [0.3, 0.4) is 0 Å². The summed E-state index contributed by atoms with van der Waals surface area (Å²) in [4.78, 5) is 10.8. The molecule has 1 fully saturated rings. The van der Waals surface area contributed by atoms with Crippen LogP contribution in [0.2, 0.25) is 0 Å². The van der Waals surface area contributed by atoms with Gasteiger partial charge in [0, 0.05) is 17.2 Å². The van der Waals surface area contributed by atoms with Crippen LogP contribution in [0.5, 0.6) is 0 Å². The molecule has 0 bridgehead atoms. The summed E-state index contributed by atoms with van der Waals surface area (Å²) in [6, 6.07) is 11.8. The zero-order valence-corrected chi connectivity index (χ0v) is 9.13. The molecular weight excluding hydrogens is 216 g/mol. The number of aromatic amines is 1. The Morgan fingerprint density at radius 3 is 2.76 bits per heavy atom. The zero-order valence-electron chi connectivity index (χ0n) is 9.13. The minimum Gasteiger partial charge on any atom is -0.481 e. The molecule has 17 heavy (non-hydrogen) atoms. The van der Waals surface area contributed by atoms with Gasteiger partial charge < -0.3 is 5.11 Å². The Hall–Kier alpha value is -2.10. The van der Waals surface area contributed by atoms with Gasteiger partial charge in [-0.05, 0) is 12.5 Å². The number of nitrogens with zero attached hydrogens (tertiary/aromatic N) is 1. The summed E-state index contributed by atoms with van der Waals surface area (Å²) in [6.07, 6.45) is 0.714. The first-order valence-corrected chi connectivity index (χ1v) is 5.59. The molecule has 1 heterocycles. The molecule has 1 aromatic heterocycles. The van der Waals surface area contributed by atoms with Gasteiger partial charge >= 0.3 is 5.97 Å². The van der Waals surface area contributed by atoms with Gasteiger partial charge in [-0.25, -0.2) is 0 Å². The highest BCUT2D eigenvalue weighted by molar-refractivity contribution is 5.75. The molecule has 0 amide bonds. The third kappa shape index (κ3) is 1.82. The van der Waals surface area contributed by atoms with Crippen molar-refractivity contribution < 1.29 is 9.90 Å². The fourth-order valence-electron chi connectivity index (χ4n) is 2.10. The summed E-state index contributed by atoms with van der Waals surface area (Å²) in [5.41, 5.74) is 2.84. The standard InChI is InChI=1S/C13H12N2O2/c16-13(17)10-6-9(10)12-7-11(14-15-12)8-4-2-1-3-5-8/h1-5,7,9-10H,6H2,(H,14,15)(H,16,17). The number of H-pyrrole nitrogens is 1. The largest absolute Gasteiger partial charge is 0.481 e. The van der Waals surface area contributed by atoms with Gasteiger partial charge in [-0.1, -0.05) is 30.3 Å². The van der Waals surface area contributed by atoms with Crippen LogP contribution < -0.4 is 0 Å². The summed E-state index contributed by atoms with van der Waals surface area (Å²) < 4.78 is 0. The van der Waals surface area contributed by atoms with Crippen molar-refractivity contribution in [3.05, 3.63) is 42.1 Å². The summed E-state index contributed by atoms with van der Waals surface area (Å²) >= 11 is 0. The number of carboxylic acids is 1. The number of aliphatic carboxylic acids is 1. The third-order valence-electron chi connectivity index (χ3n) is 3.17. The van der Waals surface area contributed by atoms with Crippen molar-refractivity contribution in [2.24, 2.45) is 5.92 Å². The van der Waals surface area contributed by atoms with Gasteiger partial charge in [0.25, 0.3) is 0 Å². The molecule has 4 heteroatoms. The van der Waals surface area contributed by atoms with Crippen LogP contribution in [0.4, 0.5) is 0 Å². The van der Waals surface area contributed by atoms with Crippen molar-refractivity contribution in [1.29, 1.82) is 0 Å². The molecular formula is C13H12N2O2. The Bertz CT molecular complexity index is 548. The molecule has 0 spiro atoms. The second-order valence-electron chi connectivity index (χ2n) is 4.36. The molecule has 1 saturated carbocycles. The van der Waals surface area contributed by atoms with Gasteiger partial charge in [0.15, 0.2) is 0 Å². The molecule has 2 N–H and O–H groups in total. The van der Waals surface area contributed by atoms with Crippen LogP contribution in [-0.2, 0) is 4.79 Å². The van der Waals surface area contributed by atoms with E-state index in [1.807, 2.05) is 36.4 Å². The Balaban J connectivity index is 1.83.